The zero-order valence-corrected chi connectivity index (χ0v) is 17.3. The van der Waals surface area contributed by atoms with Gasteiger partial charge in [0.1, 0.15) is 5.82 Å². The molecule has 1 saturated heterocycles. The minimum atomic E-state index is -0.438. The number of nitrogens with one attached hydrogen (secondary N) is 1. The number of carbonyl (C=O) groups excluding carboxylic acids is 1. The number of amides is 2. The summed E-state index contributed by atoms with van der Waals surface area (Å²) in [7, 11) is 0. The Bertz CT molecular complexity index is 991. The molecule has 0 aliphatic carbocycles. The lowest BCUT2D eigenvalue weighted by Gasteiger charge is -2.41. The number of benzene rings is 3. The molecule has 3 aromatic carbocycles. The van der Waals surface area contributed by atoms with E-state index in [4.69, 9.17) is 5.73 Å². The van der Waals surface area contributed by atoms with E-state index in [1.54, 1.807) is 23.1 Å². The Balaban J connectivity index is 1.46. The first-order chi connectivity index (χ1) is 15.1. The van der Waals surface area contributed by atoms with Gasteiger partial charge in [-0.1, -0.05) is 72.8 Å². The van der Waals surface area contributed by atoms with Crippen molar-refractivity contribution < 1.29 is 9.18 Å². The Labute approximate surface area is 182 Å². The second kappa shape index (κ2) is 9.73. The number of hydrogen-bond donors (Lipinski definition) is 2. The third kappa shape index (κ3) is 4.93. The van der Waals surface area contributed by atoms with E-state index >= 15 is 0 Å². The van der Waals surface area contributed by atoms with Gasteiger partial charge in [0.25, 0.3) is 0 Å². The average molecular weight is 419 g/mol. The molecule has 1 fully saturated rings. The van der Waals surface area contributed by atoms with E-state index in [1.165, 1.54) is 6.07 Å². The molecule has 6 heteroatoms. The van der Waals surface area contributed by atoms with Crippen molar-refractivity contribution in [1.29, 1.82) is 0 Å². The van der Waals surface area contributed by atoms with Crippen LogP contribution in [0.1, 0.15) is 23.2 Å². The van der Waals surface area contributed by atoms with Gasteiger partial charge < -0.3 is 16.0 Å². The normalized spacial score (nSPS) is 16.5. The van der Waals surface area contributed by atoms with E-state index < -0.39 is 5.82 Å². The van der Waals surface area contributed by atoms with Gasteiger partial charge in [0.15, 0.2) is 0 Å². The van der Waals surface area contributed by atoms with E-state index in [9.17, 15) is 9.18 Å². The summed E-state index contributed by atoms with van der Waals surface area (Å²) < 4.78 is 13.9. The molecule has 4 rings (SSSR count). The lowest BCUT2D eigenvalue weighted by atomic mass is 9.92. The maximum absolute atomic E-state index is 13.9. The number of halogens is 1. The van der Waals surface area contributed by atoms with Gasteiger partial charge in [-0.2, -0.15) is 0 Å². The topological polar surface area (TPSA) is 61.6 Å². The molecule has 2 amide bonds. The van der Waals surface area contributed by atoms with Gasteiger partial charge in [-0.25, -0.2) is 9.18 Å². The summed E-state index contributed by atoms with van der Waals surface area (Å²) >= 11 is 0. The first-order valence-electron chi connectivity index (χ1n) is 10.5. The van der Waals surface area contributed by atoms with Crippen molar-refractivity contribution in [2.75, 3.05) is 31.5 Å². The Morgan fingerprint density at radius 3 is 1.97 bits per heavy atom. The number of carbonyl (C=O) groups is 1. The summed E-state index contributed by atoms with van der Waals surface area (Å²) in [5, 5.41) is 2.67. The summed E-state index contributed by atoms with van der Waals surface area (Å²) in [4.78, 5) is 16.7. The molecular weight excluding hydrogens is 391 g/mol. The van der Waals surface area contributed by atoms with Crippen LogP contribution in [0.25, 0.3) is 0 Å². The Hall–Kier alpha value is -3.22. The summed E-state index contributed by atoms with van der Waals surface area (Å²) in [5.74, 6) is -0.438. The molecule has 31 heavy (non-hydrogen) atoms. The fraction of sp³-hybridized carbons (Fsp3) is 0.240. The highest BCUT2D eigenvalue weighted by atomic mass is 19.1. The number of rotatable bonds is 5. The molecule has 0 unspecified atom stereocenters. The molecule has 1 aliphatic heterocycles. The second-order valence-corrected chi connectivity index (χ2v) is 7.73. The zero-order chi connectivity index (χ0) is 21.6. The monoisotopic (exact) mass is 418 g/mol. The molecule has 160 valence electrons. The molecule has 0 spiro atoms. The van der Waals surface area contributed by atoms with Crippen LogP contribution in [0, 0.1) is 5.82 Å². The lowest BCUT2D eigenvalue weighted by Crippen LogP contribution is -2.52. The van der Waals surface area contributed by atoms with Gasteiger partial charge in [-0.05, 0) is 23.3 Å². The fourth-order valence-corrected chi connectivity index (χ4v) is 4.11. The molecule has 5 nitrogen and oxygen atoms in total. The molecule has 2 atom stereocenters. The third-order valence-corrected chi connectivity index (χ3v) is 5.78. The molecule has 0 bridgehead atoms. The van der Waals surface area contributed by atoms with Crippen molar-refractivity contribution in [3.63, 3.8) is 0 Å². The number of para-hydroxylation sites is 1. The molecule has 0 radical (unpaired) electrons. The Morgan fingerprint density at radius 1 is 0.806 bits per heavy atom. The number of hydrogen-bond acceptors (Lipinski definition) is 3. The van der Waals surface area contributed by atoms with Crippen LogP contribution >= 0.6 is 0 Å². The second-order valence-electron chi connectivity index (χ2n) is 7.73. The number of piperazine rings is 1. The van der Waals surface area contributed by atoms with Crippen molar-refractivity contribution in [2.45, 2.75) is 12.1 Å². The highest BCUT2D eigenvalue weighted by Gasteiger charge is 2.31. The van der Waals surface area contributed by atoms with E-state index in [0.717, 1.165) is 11.1 Å². The molecule has 1 heterocycles. The van der Waals surface area contributed by atoms with Crippen molar-refractivity contribution in [3.8, 4) is 0 Å². The fourth-order valence-electron chi connectivity index (χ4n) is 4.11. The van der Waals surface area contributed by atoms with Gasteiger partial charge >= 0.3 is 6.03 Å². The van der Waals surface area contributed by atoms with Gasteiger partial charge in [-0.15, -0.1) is 0 Å². The summed E-state index contributed by atoms with van der Waals surface area (Å²) in [5.41, 5.74) is 9.17. The van der Waals surface area contributed by atoms with E-state index in [-0.39, 0.29) is 23.8 Å². The minimum absolute atomic E-state index is 0.000351. The molecule has 1 aliphatic rings. The zero-order valence-electron chi connectivity index (χ0n) is 17.3. The van der Waals surface area contributed by atoms with Gasteiger partial charge in [0.05, 0.1) is 11.7 Å². The summed E-state index contributed by atoms with van der Waals surface area (Å²) in [6, 6.07) is 26.1. The van der Waals surface area contributed by atoms with Crippen LogP contribution in [0.15, 0.2) is 84.9 Å². The Morgan fingerprint density at radius 2 is 1.35 bits per heavy atom. The van der Waals surface area contributed by atoms with Crippen molar-refractivity contribution >= 4 is 11.7 Å². The highest BCUT2D eigenvalue weighted by molar-refractivity contribution is 5.89. The van der Waals surface area contributed by atoms with Gasteiger partial charge in [0.2, 0.25) is 0 Å². The predicted octanol–water partition coefficient (Wildman–Crippen LogP) is 4.42. The van der Waals surface area contributed by atoms with Gasteiger partial charge in [-0.3, -0.25) is 4.90 Å². The van der Waals surface area contributed by atoms with Gasteiger partial charge in [0, 0.05) is 32.2 Å². The molecule has 3 N–H and O–H groups in total. The number of nitrogens with two attached hydrogens (primary N) is 1. The molecule has 3 aromatic rings. The highest BCUT2D eigenvalue weighted by Crippen LogP contribution is 2.33. The summed E-state index contributed by atoms with van der Waals surface area (Å²) in [6.45, 7) is 2.46. The van der Waals surface area contributed by atoms with E-state index in [0.29, 0.717) is 26.2 Å². The van der Waals surface area contributed by atoms with Crippen LogP contribution in [0.3, 0.4) is 0 Å². The summed E-state index contributed by atoms with van der Waals surface area (Å²) in [6.07, 6.45) is 0. The van der Waals surface area contributed by atoms with Crippen LogP contribution in [-0.4, -0.2) is 42.0 Å². The third-order valence-electron chi connectivity index (χ3n) is 5.78. The molecule has 0 aromatic heterocycles. The smallest absolute Gasteiger partial charge is 0.322 e. The maximum Gasteiger partial charge on any atom is 0.322 e. The quantitative estimate of drug-likeness (QED) is 0.645. The van der Waals surface area contributed by atoms with E-state index in [2.05, 4.69) is 34.5 Å². The van der Waals surface area contributed by atoms with E-state index in [1.807, 2.05) is 36.4 Å². The van der Waals surface area contributed by atoms with Crippen molar-refractivity contribution in [1.82, 2.24) is 9.80 Å². The van der Waals surface area contributed by atoms with Crippen molar-refractivity contribution in [2.24, 2.45) is 5.73 Å². The maximum atomic E-state index is 13.9. The minimum Gasteiger partial charge on any atom is -0.322 e. The number of anilines is 1. The van der Waals surface area contributed by atoms with Crippen LogP contribution in [-0.2, 0) is 0 Å². The van der Waals surface area contributed by atoms with Crippen LogP contribution < -0.4 is 11.1 Å². The number of nitrogens with zero attached hydrogens (tertiary/aromatic N) is 2. The lowest BCUT2D eigenvalue weighted by molar-refractivity contribution is 0.100. The SMILES string of the molecule is N[C@@H](c1ccccc1)[C@@H](c1ccccc1)N1CCN(C(=O)Nc2ccccc2F)CC1. The van der Waals surface area contributed by atoms with Crippen LogP contribution in [0.4, 0.5) is 14.9 Å². The Kier molecular flexibility index (Phi) is 6.60. The number of urea groups is 1. The average Bonchev–Trinajstić information content (AvgIpc) is 2.82. The van der Waals surface area contributed by atoms with Crippen LogP contribution in [0.2, 0.25) is 0 Å². The standard InChI is InChI=1S/C25H27FN4O/c26-21-13-7-8-14-22(21)28-25(31)30-17-15-29(16-18-30)24(20-11-5-2-6-12-20)23(27)19-9-3-1-4-10-19/h1-14,23-24H,15-18,27H2,(H,28,31)/t23-,24+/m0/s1. The van der Waals surface area contributed by atoms with Crippen LogP contribution in [0.5, 0.6) is 0 Å². The first kappa shape index (κ1) is 21.0. The molecular formula is C25H27FN4O. The predicted molar refractivity (Wildman–Crippen MR) is 121 cm³/mol. The molecule has 0 saturated carbocycles. The largest absolute Gasteiger partial charge is 0.322 e. The van der Waals surface area contributed by atoms with Crippen molar-refractivity contribution in [3.05, 3.63) is 102 Å². The first-order valence-corrected chi connectivity index (χ1v) is 10.5.